The summed E-state index contributed by atoms with van der Waals surface area (Å²) in [7, 11) is 1.86. The zero-order valence-electron chi connectivity index (χ0n) is 16.3. The van der Waals surface area contributed by atoms with Gasteiger partial charge < -0.3 is 10.6 Å². The Hall–Kier alpha value is -1.95. The number of fused-ring (bicyclic) bond motifs is 1. The maximum absolute atomic E-state index is 13.1. The number of carbonyl (C=O) groups excluding carboxylic acids is 1. The molecule has 0 aliphatic carbocycles. The van der Waals surface area contributed by atoms with E-state index in [-0.39, 0.29) is 23.0 Å². The van der Waals surface area contributed by atoms with Gasteiger partial charge in [-0.3, -0.25) is 9.48 Å². The number of nitrogens with zero attached hydrogens (tertiary/aromatic N) is 3. The lowest BCUT2D eigenvalue weighted by molar-refractivity contribution is 0.0874. The molecule has 2 N–H and O–H groups in total. The number of carbonyl (C=O) groups is 1. The maximum atomic E-state index is 13.1. The number of amides is 1. The first kappa shape index (κ1) is 17.9. The lowest BCUT2D eigenvalue weighted by Gasteiger charge is -2.46. The van der Waals surface area contributed by atoms with Crippen LogP contribution in [0.2, 0.25) is 0 Å². The first-order valence-electron chi connectivity index (χ1n) is 8.89. The molecule has 0 saturated carbocycles. The molecule has 1 fully saturated rings. The highest BCUT2D eigenvalue weighted by atomic mass is 16.1. The van der Waals surface area contributed by atoms with E-state index in [9.17, 15) is 4.79 Å². The monoisotopic (exact) mass is 343 g/mol. The molecule has 6 heteroatoms. The van der Waals surface area contributed by atoms with Crippen molar-refractivity contribution in [3.05, 3.63) is 23.0 Å². The van der Waals surface area contributed by atoms with Crippen LogP contribution in [0.25, 0.3) is 11.0 Å². The third-order valence-electron chi connectivity index (χ3n) is 4.87. The largest absolute Gasteiger partial charge is 0.349 e. The van der Waals surface area contributed by atoms with Gasteiger partial charge in [0.15, 0.2) is 5.65 Å². The summed E-state index contributed by atoms with van der Waals surface area (Å²) in [5, 5.41) is 12.2. The Balaban J connectivity index is 1.93. The quantitative estimate of drug-likeness (QED) is 0.879. The van der Waals surface area contributed by atoms with Gasteiger partial charge in [0, 0.05) is 29.9 Å². The molecule has 0 bridgehead atoms. The van der Waals surface area contributed by atoms with E-state index in [1.807, 2.05) is 27.0 Å². The van der Waals surface area contributed by atoms with Crippen molar-refractivity contribution in [1.29, 1.82) is 0 Å². The van der Waals surface area contributed by atoms with Crippen molar-refractivity contribution < 1.29 is 4.79 Å². The normalized spacial score (nSPS) is 20.0. The van der Waals surface area contributed by atoms with E-state index in [2.05, 4.69) is 48.4 Å². The van der Waals surface area contributed by atoms with Crippen LogP contribution in [0.5, 0.6) is 0 Å². The zero-order valence-corrected chi connectivity index (χ0v) is 16.3. The summed E-state index contributed by atoms with van der Waals surface area (Å²) in [6, 6.07) is 2.00. The molecule has 6 nitrogen and oxygen atoms in total. The van der Waals surface area contributed by atoms with Crippen LogP contribution in [0.15, 0.2) is 6.07 Å². The molecular weight excluding hydrogens is 314 g/mol. The second-order valence-corrected chi connectivity index (χ2v) is 8.69. The first-order valence-corrected chi connectivity index (χ1v) is 8.89. The smallest absolute Gasteiger partial charge is 0.252 e. The van der Waals surface area contributed by atoms with Crippen LogP contribution in [0.1, 0.15) is 62.3 Å². The lowest BCUT2D eigenvalue weighted by Crippen LogP contribution is -2.62. The molecule has 136 valence electrons. The molecule has 0 unspecified atom stereocenters. The molecule has 2 aromatic heterocycles. The number of piperidine rings is 1. The molecule has 0 spiro atoms. The number of aryl methyl sites for hydroxylation is 3. The molecule has 2 aromatic rings. The molecule has 25 heavy (non-hydrogen) atoms. The summed E-state index contributed by atoms with van der Waals surface area (Å²) >= 11 is 0. The summed E-state index contributed by atoms with van der Waals surface area (Å²) in [5.41, 5.74) is 3.07. The Morgan fingerprint density at radius 2 is 1.84 bits per heavy atom. The summed E-state index contributed by atoms with van der Waals surface area (Å²) in [6.07, 6.45) is 1.81. The minimum absolute atomic E-state index is 0.00655. The Kier molecular flexibility index (Phi) is 4.14. The number of pyridine rings is 1. The second-order valence-electron chi connectivity index (χ2n) is 8.69. The third-order valence-corrected chi connectivity index (χ3v) is 4.87. The second kappa shape index (κ2) is 5.80. The molecule has 0 aromatic carbocycles. The van der Waals surface area contributed by atoms with Gasteiger partial charge in [0.2, 0.25) is 0 Å². The van der Waals surface area contributed by atoms with Gasteiger partial charge in [-0.2, -0.15) is 5.10 Å². The molecule has 3 heterocycles. The fourth-order valence-corrected chi connectivity index (χ4v) is 4.44. The number of hydrogen-bond donors (Lipinski definition) is 2. The first-order chi connectivity index (χ1) is 11.5. The third kappa shape index (κ3) is 3.54. The Bertz CT molecular complexity index is 818. The molecular formula is C19H29N5O. The lowest BCUT2D eigenvalue weighted by atomic mass is 9.79. The van der Waals surface area contributed by atoms with Gasteiger partial charge >= 0.3 is 0 Å². The summed E-state index contributed by atoms with van der Waals surface area (Å²) in [5.74, 6) is -0.0369. The summed E-state index contributed by atoms with van der Waals surface area (Å²) in [4.78, 5) is 17.6. The van der Waals surface area contributed by atoms with Crippen molar-refractivity contribution in [2.45, 2.75) is 71.5 Å². The number of hydrogen-bond acceptors (Lipinski definition) is 4. The number of aromatic nitrogens is 3. The Labute approximate surface area is 149 Å². The van der Waals surface area contributed by atoms with Gasteiger partial charge in [-0.1, -0.05) is 0 Å². The Morgan fingerprint density at radius 3 is 2.44 bits per heavy atom. The predicted octanol–water partition coefficient (Wildman–Crippen LogP) is 2.62. The van der Waals surface area contributed by atoms with Crippen molar-refractivity contribution >= 4 is 16.9 Å². The minimum Gasteiger partial charge on any atom is -0.349 e. The molecule has 1 amide bonds. The van der Waals surface area contributed by atoms with Gasteiger partial charge in [0.05, 0.1) is 16.6 Å². The van der Waals surface area contributed by atoms with Crippen molar-refractivity contribution in [2.24, 2.45) is 7.05 Å². The van der Waals surface area contributed by atoms with Crippen molar-refractivity contribution in [2.75, 3.05) is 0 Å². The molecule has 0 radical (unpaired) electrons. The molecule has 3 rings (SSSR count). The van der Waals surface area contributed by atoms with Crippen molar-refractivity contribution in [3.8, 4) is 0 Å². The Morgan fingerprint density at radius 1 is 1.24 bits per heavy atom. The minimum atomic E-state index is -0.0369. The topological polar surface area (TPSA) is 71.8 Å². The van der Waals surface area contributed by atoms with Crippen molar-refractivity contribution in [3.63, 3.8) is 0 Å². The van der Waals surface area contributed by atoms with E-state index in [0.717, 1.165) is 35.3 Å². The van der Waals surface area contributed by atoms with Gasteiger partial charge in [0.25, 0.3) is 5.91 Å². The van der Waals surface area contributed by atoms with Crippen molar-refractivity contribution in [1.82, 2.24) is 25.4 Å². The molecule has 1 aliphatic heterocycles. The standard InChI is InChI=1S/C19H29N5O/c1-11-8-14(15-12(2)22-24(7)16(15)20-11)17(25)21-13-9-18(3,4)23-19(5,6)10-13/h8,13,23H,9-10H2,1-7H3,(H,21,25). The number of nitrogens with one attached hydrogen (secondary N) is 2. The zero-order chi connectivity index (χ0) is 18.6. The van der Waals surface area contributed by atoms with Crippen LogP contribution >= 0.6 is 0 Å². The van der Waals surface area contributed by atoms with Gasteiger partial charge in [-0.15, -0.1) is 0 Å². The van der Waals surface area contributed by atoms with Crippen LogP contribution in [0, 0.1) is 13.8 Å². The average Bonchev–Trinajstić information content (AvgIpc) is 2.69. The molecule has 0 atom stereocenters. The van der Waals surface area contributed by atoms with Crippen LogP contribution in [0.4, 0.5) is 0 Å². The molecule has 1 saturated heterocycles. The summed E-state index contributed by atoms with van der Waals surface area (Å²) in [6.45, 7) is 12.6. The van der Waals surface area contributed by atoms with E-state index >= 15 is 0 Å². The van der Waals surface area contributed by atoms with E-state index in [1.54, 1.807) is 4.68 Å². The van der Waals surface area contributed by atoms with Gasteiger partial charge in [0.1, 0.15) is 0 Å². The SMILES string of the molecule is Cc1cc(C(=O)NC2CC(C)(C)NC(C)(C)C2)c2c(C)nn(C)c2n1. The molecule has 1 aliphatic rings. The van der Waals surface area contributed by atoms with Gasteiger partial charge in [-0.25, -0.2) is 4.98 Å². The fourth-order valence-electron chi connectivity index (χ4n) is 4.44. The highest BCUT2D eigenvalue weighted by Gasteiger charge is 2.38. The summed E-state index contributed by atoms with van der Waals surface area (Å²) < 4.78 is 1.74. The van der Waals surface area contributed by atoms with Crippen LogP contribution in [-0.4, -0.2) is 37.8 Å². The highest BCUT2D eigenvalue weighted by molar-refractivity contribution is 6.06. The van der Waals surface area contributed by atoms with Gasteiger partial charge in [-0.05, 0) is 60.5 Å². The van der Waals surface area contributed by atoms with E-state index in [1.165, 1.54) is 0 Å². The maximum Gasteiger partial charge on any atom is 0.252 e. The van der Waals surface area contributed by atoms with E-state index in [4.69, 9.17) is 0 Å². The predicted molar refractivity (Wildman–Crippen MR) is 99.8 cm³/mol. The van der Waals surface area contributed by atoms with Crippen LogP contribution < -0.4 is 10.6 Å². The number of rotatable bonds is 2. The average molecular weight is 343 g/mol. The van der Waals surface area contributed by atoms with E-state index in [0.29, 0.717) is 5.56 Å². The van der Waals surface area contributed by atoms with Crippen LogP contribution in [-0.2, 0) is 7.05 Å². The van der Waals surface area contributed by atoms with Crippen LogP contribution in [0.3, 0.4) is 0 Å². The van der Waals surface area contributed by atoms with E-state index < -0.39 is 0 Å². The highest BCUT2D eigenvalue weighted by Crippen LogP contribution is 2.29. The fraction of sp³-hybridized carbons (Fsp3) is 0.632.